The quantitative estimate of drug-likeness (QED) is 0.708. The Labute approximate surface area is 134 Å². The van der Waals surface area contributed by atoms with Crippen LogP contribution in [0.15, 0.2) is 18.2 Å². The smallest absolute Gasteiger partial charge is 0.326 e. The lowest BCUT2D eigenvalue weighted by Crippen LogP contribution is -2.46. The number of nitrogens with one attached hydrogen (secondary N) is 2. The first-order chi connectivity index (χ1) is 10.7. The molecule has 1 atom stereocenters. The lowest BCUT2D eigenvalue weighted by atomic mass is 10.0. The first-order valence-electron chi connectivity index (χ1n) is 7.27. The van der Waals surface area contributed by atoms with Gasteiger partial charge in [-0.3, -0.25) is 9.59 Å². The number of benzene rings is 1. The van der Waals surface area contributed by atoms with Gasteiger partial charge in [0.2, 0.25) is 5.91 Å². The maximum atomic E-state index is 13.0. The highest BCUT2D eigenvalue weighted by Crippen LogP contribution is 2.09. The minimum atomic E-state index is -1.12. The van der Waals surface area contributed by atoms with Crippen LogP contribution < -0.4 is 10.6 Å². The molecule has 0 aliphatic rings. The van der Waals surface area contributed by atoms with Crippen molar-refractivity contribution in [1.29, 1.82) is 0 Å². The van der Waals surface area contributed by atoms with Crippen molar-refractivity contribution in [1.82, 2.24) is 10.6 Å². The number of hydrogen-bond donors (Lipinski definition) is 3. The van der Waals surface area contributed by atoms with Gasteiger partial charge in [-0.1, -0.05) is 13.8 Å². The van der Waals surface area contributed by atoms with Gasteiger partial charge in [-0.25, -0.2) is 9.18 Å². The van der Waals surface area contributed by atoms with E-state index < -0.39 is 29.6 Å². The first-order valence-corrected chi connectivity index (χ1v) is 7.27. The maximum absolute atomic E-state index is 13.0. The summed E-state index contributed by atoms with van der Waals surface area (Å²) in [5.74, 6) is -2.57. The molecular formula is C16H21FN2O4. The van der Waals surface area contributed by atoms with Gasteiger partial charge in [0.1, 0.15) is 11.9 Å². The van der Waals surface area contributed by atoms with Gasteiger partial charge in [-0.2, -0.15) is 0 Å². The molecule has 7 heteroatoms. The van der Waals surface area contributed by atoms with Gasteiger partial charge >= 0.3 is 5.97 Å². The molecule has 1 rings (SSSR count). The summed E-state index contributed by atoms with van der Waals surface area (Å²) in [5.41, 5.74) is 0.710. The number of carbonyl (C=O) groups excluding carboxylic acids is 2. The van der Waals surface area contributed by atoms with Crippen LogP contribution in [0.5, 0.6) is 0 Å². The number of carboxylic acid groups (broad SMARTS) is 1. The van der Waals surface area contributed by atoms with Crippen LogP contribution >= 0.6 is 0 Å². The summed E-state index contributed by atoms with van der Waals surface area (Å²) >= 11 is 0. The lowest BCUT2D eigenvalue weighted by molar-refractivity contribution is -0.142. The Balaban J connectivity index is 2.58. The number of hydrogen-bond acceptors (Lipinski definition) is 3. The highest BCUT2D eigenvalue weighted by Gasteiger charge is 2.21. The van der Waals surface area contributed by atoms with Gasteiger partial charge in [0.05, 0.1) is 6.54 Å². The number of aliphatic carboxylic acids is 1. The fourth-order valence-electron chi connectivity index (χ4n) is 2.08. The Morgan fingerprint density at radius 3 is 2.43 bits per heavy atom. The van der Waals surface area contributed by atoms with Gasteiger partial charge in [0, 0.05) is 5.56 Å². The monoisotopic (exact) mass is 324 g/mol. The second kappa shape index (κ2) is 8.26. The molecule has 0 aliphatic heterocycles. The molecule has 1 aromatic rings. The average molecular weight is 324 g/mol. The zero-order valence-electron chi connectivity index (χ0n) is 13.4. The molecule has 6 nitrogen and oxygen atoms in total. The fraction of sp³-hybridized carbons (Fsp3) is 0.438. The zero-order valence-corrected chi connectivity index (χ0v) is 13.4. The summed E-state index contributed by atoms with van der Waals surface area (Å²) in [6.45, 7) is 4.93. The molecule has 3 N–H and O–H groups in total. The van der Waals surface area contributed by atoms with E-state index >= 15 is 0 Å². The Bertz CT molecular complexity index is 602. The molecule has 0 saturated carbocycles. The molecule has 0 fully saturated rings. The predicted molar refractivity (Wildman–Crippen MR) is 82.5 cm³/mol. The second-order valence-corrected chi connectivity index (χ2v) is 5.73. The zero-order chi connectivity index (χ0) is 17.6. The van der Waals surface area contributed by atoms with Crippen molar-refractivity contribution in [3.05, 3.63) is 35.1 Å². The van der Waals surface area contributed by atoms with Crippen LogP contribution in [0.25, 0.3) is 0 Å². The largest absolute Gasteiger partial charge is 0.480 e. The van der Waals surface area contributed by atoms with Gasteiger partial charge in [0.15, 0.2) is 0 Å². The van der Waals surface area contributed by atoms with E-state index in [0.717, 1.165) is 6.07 Å². The molecule has 0 aliphatic carbocycles. The van der Waals surface area contributed by atoms with Crippen molar-refractivity contribution >= 4 is 17.8 Å². The van der Waals surface area contributed by atoms with E-state index in [-0.39, 0.29) is 18.0 Å². The Kier molecular flexibility index (Phi) is 6.68. The number of carbonyl (C=O) groups is 3. The van der Waals surface area contributed by atoms with Crippen LogP contribution in [0.1, 0.15) is 36.2 Å². The SMILES string of the molecule is Cc1cc(F)ccc1C(=O)NCC(=O)N[C@@H](CC(C)C)C(=O)O. The van der Waals surface area contributed by atoms with Crippen molar-refractivity contribution in [3.8, 4) is 0 Å². The van der Waals surface area contributed by atoms with E-state index in [1.807, 2.05) is 13.8 Å². The third-order valence-electron chi connectivity index (χ3n) is 3.18. The summed E-state index contributed by atoms with van der Waals surface area (Å²) in [6, 6.07) is 2.71. The normalized spacial score (nSPS) is 11.9. The van der Waals surface area contributed by atoms with Crippen LogP contribution in [-0.4, -0.2) is 35.5 Å². The van der Waals surface area contributed by atoms with Gasteiger partial charge in [-0.15, -0.1) is 0 Å². The van der Waals surface area contributed by atoms with Crippen LogP contribution in [-0.2, 0) is 9.59 Å². The topological polar surface area (TPSA) is 95.5 Å². The van der Waals surface area contributed by atoms with Crippen molar-refractivity contribution in [2.45, 2.75) is 33.2 Å². The highest BCUT2D eigenvalue weighted by atomic mass is 19.1. The number of rotatable bonds is 7. The Morgan fingerprint density at radius 1 is 1.26 bits per heavy atom. The average Bonchev–Trinajstić information content (AvgIpc) is 2.43. The molecule has 0 bridgehead atoms. The third kappa shape index (κ3) is 6.06. The van der Waals surface area contributed by atoms with Crippen molar-refractivity contribution in [2.75, 3.05) is 6.54 Å². The molecular weight excluding hydrogens is 303 g/mol. The minimum Gasteiger partial charge on any atom is -0.480 e. The molecule has 0 unspecified atom stereocenters. The van der Waals surface area contributed by atoms with E-state index in [9.17, 15) is 18.8 Å². The predicted octanol–water partition coefficient (Wildman–Crippen LogP) is 1.48. The van der Waals surface area contributed by atoms with Crippen LogP contribution in [0.3, 0.4) is 0 Å². The fourth-order valence-corrected chi connectivity index (χ4v) is 2.08. The molecule has 2 amide bonds. The van der Waals surface area contributed by atoms with Crippen LogP contribution in [0, 0.1) is 18.7 Å². The van der Waals surface area contributed by atoms with E-state index in [1.165, 1.54) is 12.1 Å². The van der Waals surface area contributed by atoms with E-state index in [1.54, 1.807) is 6.92 Å². The van der Waals surface area contributed by atoms with Crippen molar-refractivity contribution in [2.24, 2.45) is 5.92 Å². The van der Waals surface area contributed by atoms with Gasteiger partial charge < -0.3 is 15.7 Å². The lowest BCUT2D eigenvalue weighted by Gasteiger charge is -2.16. The molecule has 23 heavy (non-hydrogen) atoms. The standard InChI is InChI=1S/C16H21FN2O4/c1-9(2)6-13(16(22)23)19-14(20)8-18-15(21)12-5-4-11(17)7-10(12)3/h4-5,7,9,13H,6,8H2,1-3H3,(H,18,21)(H,19,20)(H,22,23)/t13-/m0/s1. The van der Waals surface area contributed by atoms with E-state index in [0.29, 0.717) is 12.0 Å². The second-order valence-electron chi connectivity index (χ2n) is 5.73. The summed E-state index contributed by atoms with van der Waals surface area (Å²) in [6.07, 6.45) is 0.298. The van der Waals surface area contributed by atoms with Crippen LogP contribution in [0.4, 0.5) is 4.39 Å². The number of carboxylic acids is 1. The minimum absolute atomic E-state index is 0.104. The summed E-state index contributed by atoms with van der Waals surface area (Å²) in [4.78, 5) is 34.8. The molecule has 126 valence electrons. The molecule has 0 saturated heterocycles. The molecule has 1 aromatic carbocycles. The molecule has 0 spiro atoms. The Morgan fingerprint density at radius 2 is 1.91 bits per heavy atom. The molecule has 0 aromatic heterocycles. The molecule has 0 heterocycles. The summed E-state index contributed by atoms with van der Waals surface area (Å²) in [5, 5.41) is 13.8. The van der Waals surface area contributed by atoms with Gasteiger partial charge in [0.25, 0.3) is 5.91 Å². The summed E-state index contributed by atoms with van der Waals surface area (Å²) < 4.78 is 13.0. The summed E-state index contributed by atoms with van der Waals surface area (Å²) in [7, 11) is 0. The van der Waals surface area contributed by atoms with Crippen LogP contribution in [0.2, 0.25) is 0 Å². The molecule has 0 radical (unpaired) electrons. The maximum Gasteiger partial charge on any atom is 0.326 e. The number of amides is 2. The Hall–Kier alpha value is -2.44. The van der Waals surface area contributed by atoms with Crippen molar-refractivity contribution < 1.29 is 23.9 Å². The van der Waals surface area contributed by atoms with E-state index in [4.69, 9.17) is 5.11 Å². The van der Waals surface area contributed by atoms with Gasteiger partial charge in [-0.05, 0) is 43.0 Å². The number of halogens is 1. The first kappa shape index (κ1) is 18.6. The van der Waals surface area contributed by atoms with E-state index in [2.05, 4.69) is 10.6 Å². The van der Waals surface area contributed by atoms with Crippen molar-refractivity contribution in [3.63, 3.8) is 0 Å². The third-order valence-corrected chi connectivity index (χ3v) is 3.18. The highest BCUT2D eigenvalue weighted by molar-refractivity contribution is 5.98. The number of aryl methyl sites for hydroxylation is 1.